The van der Waals surface area contributed by atoms with Crippen LogP contribution >= 0.6 is 0 Å². The van der Waals surface area contributed by atoms with Crippen LogP contribution in [-0.4, -0.2) is 41.9 Å². The summed E-state index contributed by atoms with van der Waals surface area (Å²) >= 11 is 0. The van der Waals surface area contributed by atoms with E-state index in [4.69, 9.17) is 9.47 Å². The number of esters is 1. The van der Waals surface area contributed by atoms with Gasteiger partial charge in [0.1, 0.15) is 17.5 Å². The van der Waals surface area contributed by atoms with E-state index in [2.05, 4.69) is 0 Å². The monoisotopic (exact) mass is 601 g/mol. The quantitative estimate of drug-likeness (QED) is 0.121. The minimum absolute atomic E-state index is 0.0404. The second-order valence-corrected chi connectivity index (χ2v) is 11.1. The van der Waals surface area contributed by atoms with Gasteiger partial charge in [-0.3, -0.25) is 19.7 Å². The topological polar surface area (TPSA) is 119 Å². The molecule has 224 valence electrons. The highest BCUT2D eigenvalue weighted by Crippen LogP contribution is 2.51. The van der Waals surface area contributed by atoms with E-state index in [1.165, 1.54) is 19.2 Å². The van der Waals surface area contributed by atoms with Crippen LogP contribution in [0.5, 0.6) is 5.75 Å². The zero-order valence-electron chi connectivity index (χ0n) is 24.1. The third-order valence-corrected chi connectivity index (χ3v) is 8.71. The van der Waals surface area contributed by atoms with Crippen molar-refractivity contribution in [2.75, 3.05) is 16.9 Å². The molecular weight excluding hydrogens is 574 g/mol. The largest absolute Gasteiger partial charge is 0.495 e. The summed E-state index contributed by atoms with van der Waals surface area (Å²) in [6, 6.07) is 28.0. The molecule has 10 heteroatoms. The number of hydrogen-bond acceptors (Lipinski definition) is 8. The Morgan fingerprint density at radius 2 is 1.44 bits per heavy atom. The van der Waals surface area contributed by atoms with Crippen LogP contribution in [0.4, 0.5) is 17.1 Å². The van der Waals surface area contributed by atoms with Gasteiger partial charge in [-0.05, 0) is 28.8 Å². The van der Waals surface area contributed by atoms with Gasteiger partial charge < -0.3 is 14.4 Å². The maximum Gasteiger partial charge on any atom is 0.330 e. The van der Waals surface area contributed by atoms with Crippen molar-refractivity contribution in [3.63, 3.8) is 0 Å². The molecule has 4 aromatic rings. The van der Waals surface area contributed by atoms with Crippen LogP contribution in [0.25, 0.3) is 6.08 Å². The Kier molecular flexibility index (Phi) is 6.89. The van der Waals surface area contributed by atoms with Crippen molar-refractivity contribution >= 4 is 40.9 Å². The summed E-state index contributed by atoms with van der Waals surface area (Å²) in [5, 5.41) is 11.6. The summed E-state index contributed by atoms with van der Waals surface area (Å²) in [7, 11) is 1.35. The van der Waals surface area contributed by atoms with E-state index in [0.717, 1.165) is 27.7 Å². The summed E-state index contributed by atoms with van der Waals surface area (Å²) in [5.74, 6) is -3.83. The van der Waals surface area contributed by atoms with Crippen LogP contribution in [0.1, 0.15) is 22.8 Å². The average Bonchev–Trinajstić information content (AvgIpc) is 3.56. The molecule has 0 aliphatic carbocycles. The number of imide groups is 1. The van der Waals surface area contributed by atoms with Crippen LogP contribution in [0, 0.1) is 22.0 Å². The highest BCUT2D eigenvalue weighted by atomic mass is 16.6. The molecule has 0 unspecified atom stereocenters. The maximum atomic E-state index is 14.5. The molecule has 45 heavy (non-hydrogen) atoms. The van der Waals surface area contributed by atoms with E-state index in [0.29, 0.717) is 5.69 Å². The van der Waals surface area contributed by atoms with E-state index in [9.17, 15) is 24.5 Å². The molecule has 2 saturated heterocycles. The molecule has 7 rings (SSSR count). The number of hydrogen-bond donors (Lipinski definition) is 0. The number of nitro benzene ring substituents is 1. The summed E-state index contributed by atoms with van der Waals surface area (Å²) in [4.78, 5) is 56.8. The first-order valence-corrected chi connectivity index (χ1v) is 14.4. The van der Waals surface area contributed by atoms with Gasteiger partial charge in [0.15, 0.2) is 6.10 Å². The Labute approximate surface area is 258 Å². The molecule has 10 nitrogen and oxygen atoms in total. The van der Waals surface area contributed by atoms with E-state index >= 15 is 0 Å². The van der Waals surface area contributed by atoms with E-state index in [-0.39, 0.29) is 17.1 Å². The normalized spacial score (nSPS) is 21.4. The standard InChI is InChI=1S/C35H27N3O7/c1-44-28-19-17-24(38(42)43)20-27(28)37-33(39)29-26-18-16-21-10-8-9-15-25(21)36(26)31(30(29)34(37)40)35(41)45-32(22-11-4-2-5-12-22)23-13-6-3-7-14-23/h2-20,26,29-32H,1H3/t26-,29+,30+,31-/m1/s1. The minimum Gasteiger partial charge on any atom is -0.495 e. The fourth-order valence-corrected chi connectivity index (χ4v) is 6.76. The molecule has 0 bridgehead atoms. The summed E-state index contributed by atoms with van der Waals surface area (Å²) in [5.41, 5.74) is 2.70. The molecule has 3 aliphatic rings. The SMILES string of the molecule is COc1ccc([N+](=O)[O-])cc1N1C(=O)[C@@H]2[C@H](C1=O)[C@H](C(=O)OC(c1ccccc1)c1ccccc1)N1c3ccccc3C=C[C@H]21. The number of methoxy groups -OCH3 is 1. The predicted molar refractivity (Wildman–Crippen MR) is 165 cm³/mol. The number of nitro groups is 1. The molecule has 0 spiro atoms. The van der Waals surface area contributed by atoms with Crippen molar-refractivity contribution in [2.45, 2.75) is 18.2 Å². The van der Waals surface area contributed by atoms with Gasteiger partial charge >= 0.3 is 5.97 Å². The summed E-state index contributed by atoms with van der Waals surface area (Å²) in [6.45, 7) is 0. The number of rotatable bonds is 7. The number of anilines is 2. The Bertz CT molecular complexity index is 1820. The predicted octanol–water partition coefficient (Wildman–Crippen LogP) is 5.33. The molecule has 0 saturated carbocycles. The minimum atomic E-state index is -1.16. The molecule has 0 N–H and O–H groups in total. The highest BCUT2D eigenvalue weighted by Gasteiger charge is 2.65. The lowest BCUT2D eigenvalue weighted by Crippen LogP contribution is -2.49. The lowest BCUT2D eigenvalue weighted by atomic mass is 9.88. The van der Waals surface area contributed by atoms with Gasteiger partial charge in [-0.2, -0.15) is 0 Å². The number of non-ortho nitro benzene ring substituents is 1. The maximum absolute atomic E-state index is 14.5. The summed E-state index contributed by atoms with van der Waals surface area (Å²) in [6.07, 6.45) is 2.94. The van der Waals surface area contributed by atoms with Gasteiger partial charge in [0.05, 0.1) is 29.9 Å². The number of carbonyl (C=O) groups is 3. The first-order valence-electron chi connectivity index (χ1n) is 14.4. The molecule has 0 aromatic heterocycles. The van der Waals surface area contributed by atoms with Crippen LogP contribution in [-0.2, 0) is 19.1 Å². The Morgan fingerprint density at radius 3 is 2.09 bits per heavy atom. The number of para-hydroxylation sites is 1. The average molecular weight is 602 g/mol. The van der Waals surface area contributed by atoms with Crippen molar-refractivity contribution in [1.29, 1.82) is 0 Å². The number of benzene rings is 4. The van der Waals surface area contributed by atoms with Gasteiger partial charge in [0.25, 0.3) is 5.69 Å². The van der Waals surface area contributed by atoms with Crippen LogP contribution in [0.2, 0.25) is 0 Å². The lowest BCUT2D eigenvalue weighted by Gasteiger charge is -2.36. The number of nitrogens with zero attached hydrogens (tertiary/aromatic N) is 3. The Hall–Kier alpha value is -5.77. The summed E-state index contributed by atoms with van der Waals surface area (Å²) < 4.78 is 11.7. The van der Waals surface area contributed by atoms with Gasteiger partial charge in [-0.15, -0.1) is 0 Å². The molecule has 4 aromatic carbocycles. The third kappa shape index (κ3) is 4.53. The Balaban J connectivity index is 1.33. The zero-order valence-corrected chi connectivity index (χ0v) is 24.1. The Morgan fingerprint density at radius 1 is 0.822 bits per heavy atom. The third-order valence-electron chi connectivity index (χ3n) is 8.71. The first kappa shape index (κ1) is 28.0. The van der Waals surface area contributed by atoms with E-state index in [1.54, 1.807) is 0 Å². The smallest absolute Gasteiger partial charge is 0.330 e. The molecule has 4 atom stereocenters. The highest BCUT2D eigenvalue weighted by molar-refractivity contribution is 6.25. The fourth-order valence-electron chi connectivity index (χ4n) is 6.76. The van der Waals surface area contributed by atoms with Crippen LogP contribution in [0.15, 0.2) is 109 Å². The zero-order chi connectivity index (χ0) is 31.2. The van der Waals surface area contributed by atoms with Crippen molar-refractivity contribution < 1.29 is 28.8 Å². The number of fused-ring (bicyclic) bond motifs is 5. The second kappa shape index (κ2) is 11.1. The molecular formula is C35H27N3O7. The van der Waals surface area contributed by atoms with E-state index < -0.39 is 52.7 Å². The first-order chi connectivity index (χ1) is 21.9. The second-order valence-electron chi connectivity index (χ2n) is 11.1. The number of carbonyl (C=O) groups excluding carboxylic acids is 3. The van der Waals surface area contributed by atoms with Crippen LogP contribution in [0.3, 0.4) is 0 Å². The molecule has 0 radical (unpaired) electrons. The molecule has 2 fully saturated rings. The van der Waals surface area contributed by atoms with Gasteiger partial charge in [0, 0.05) is 17.8 Å². The van der Waals surface area contributed by atoms with Crippen molar-refractivity contribution in [2.24, 2.45) is 11.8 Å². The van der Waals surface area contributed by atoms with Crippen molar-refractivity contribution in [3.05, 3.63) is 136 Å². The lowest BCUT2D eigenvalue weighted by molar-refractivity contribution is -0.384. The number of amides is 2. The van der Waals surface area contributed by atoms with Gasteiger partial charge in [-0.1, -0.05) is 91.0 Å². The van der Waals surface area contributed by atoms with Crippen molar-refractivity contribution in [1.82, 2.24) is 0 Å². The number of ether oxygens (including phenoxy) is 2. The fraction of sp³-hybridized carbons (Fsp3) is 0.171. The molecule has 2 amide bonds. The van der Waals surface area contributed by atoms with Crippen molar-refractivity contribution in [3.8, 4) is 5.75 Å². The van der Waals surface area contributed by atoms with Crippen LogP contribution < -0.4 is 14.5 Å². The molecule has 3 heterocycles. The molecule has 3 aliphatic heterocycles. The van der Waals surface area contributed by atoms with E-state index in [1.807, 2.05) is 102 Å². The van der Waals surface area contributed by atoms with Gasteiger partial charge in [0.2, 0.25) is 11.8 Å². The van der Waals surface area contributed by atoms with Gasteiger partial charge in [-0.25, -0.2) is 9.69 Å².